The van der Waals surface area contributed by atoms with Crippen molar-refractivity contribution in [2.24, 2.45) is 0 Å². The van der Waals surface area contributed by atoms with Crippen LogP contribution in [0.4, 0.5) is 5.69 Å². The molecule has 0 aliphatic carbocycles. The highest BCUT2D eigenvalue weighted by Gasteiger charge is 2.22. The normalized spacial score (nSPS) is 13.9. The van der Waals surface area contributed by atoms with E-state index in [1.165, 1.54) is 12.1 Å². The fourth-order valence-electron chi connectivity index (χ4n) is 3.34. The van der Waals surface area contributed by atoms with Crippen LogP contribution in [0.5, 0.6) is 5.75 Å². The number of nitrogens with one attached hydrogen (secondary N) is 1. The first-order valence-corrected chi connectivity index (χ1v) is 8.72. The Morgan fingerprint density at radius 2 is 2.18 bits per heavy atom. The highest BCUT2D eigenvalue weighted by atomic mass is 16.6. The van der Waals surface area contributed by atoms with E-state index in [1.807, 2.05) is 11.0 Å². The molecule has 0 atom stereocenters. The highest BCUT2D eigenvalue weighted by Crippen LogP contribution is 2.27. The minimum absolute atomic E-state index is 0.180. The van der Waals surface area contributed by atoms with E-state index in [1.54, 1.807) is 24.5 Å². The van der Waals surface area contributed by atoms with Crippen molar-refractivity contribution in [1.82, 2.24) is 19.9 Å². The maximum Gasteiger partial charge on any atom is 0.310 e. The van der Waals surface area contributed by atoms with Gasteiger partial charge in [-0.25, -0.2) is 4.98 Å². The summed E-state index contributed by atoms with van der Waals surface area (Å²) >= 11 is 0. The van der Waals surface area contributed by atoms with Gasteiger partial charge in [0.15, 0.2) is 5.75 Å². The van der Waals surface area contributed by atoms with Crippen LogP contribution in [0.2, 0.25) is 0 Å². The summed E-state index contributed by atoms with van der Waals surface area (Å²) in [6, 6.07) is 7.92. The molecular formula is C19H17N5O4. The Bertz CT molecular complexity index is 1100. The van der Waals surface area contributed by atoms with Crippen molar-refractivity contribution in [2.45, 2.75) is 19.5 Å². The van der Waals surface area contributed by atoms with Crippen LogP contribution >= 0.6 is 0 Å². The first-order chi connectivity index (χ1) is 13.5. The first-order valence-electron chi connectivity index (χ1n) is 8.72. The molecule has 0 bridgehead atoms. The van der Waals surface area contributed by atoms with Gasteiger partial charge in [-0.15, -0.1) is 0 Å². The Labute approximate surface area is 159 Å². The number of benzene rings is 1. The third-order valence-electron chi connectivity index (χ3n) is 4.73. The van der Waals surface area contributed by atoms with Crippen LogP contribution in [0, 0.1) is 10.1 Å². The molecule has 2 aromatic heterocycles. The summed E-state index contributed by atoms with van der Waals surface area (Å²) in [6.07, 6.45) is 3.93. The lowest BCUT2D eigenvalue weighted by atomic mass is 10.1. The number of fused-ring (bicyclic) bond motifs is 1. The second kappa shape index (κ2) is 7.20. The molecule has 0 spiro atoms. The molecule has 0 saturated carbocycles. The van der Waals surface area contributed by atoms with Crippen LogP contribution in [0.1, 0.15) is 16.8 Å². The number of phenolic OH excluding ortho intramolecular Hbond substituents is 1. The van der Waals surface area contributed by atoms with E-state index in [4.69, 9.17) is 0 Å². The second-order valence-electron chi connectivity index (χ2n) is 6.62. The van der Waals surface area contributed by atoms with Crippen molar-refractivity contribution in [3.05, 3.63) is 80.0 Å². The van der Waals surface area contributed by atoms with E-state index in [-0.39, 0.29) is 17.0 Å². The molecule has 2 N–H and O–H groups in total. The Balaban J connectivity index is 1.55. The maximum atomic E-state index is 12.6. The van der Waals surface area contributed by atoms with Crippen molar-refractivity contribution in [3.8, 4) is 17.1 Å². The Morgan fingerprint density at radius 3 is 2.89 bits per heavy atom. The Hall–Kier alpha value is -3.59. The number of aromatic hydroxyl groups is 1. The molecule has 9 nitrogen and oxygen atoms in total. The van der Waals surface area contributed by atoms with Crippen molar-refractivity contribution < 1.29 is 10.0 Å². The van der Waals surface area contributed by atoms with Gasteiger partial charge in [0.1, 0.15) is 5.82 Å². The molecule has 3 heterocycles. The third-order valence-corrected chi connectivity index (χ3v) is 4.73. The largest absolute Gasteiger partial charge is 0.502 e. The van der Waals surface area contributed by atoms with Gasteiger partial charge < -0.3 is 10.1 Å². The molecule has 0 amide bonds. The van der Waals surface area contributed by atoms with Crippen LogP contribution < -0.4 is 5.56 Å². The van der Waals surface area contributed by atoms with Gasteiger partial charge in [0.2, 0.25) is 0 Å². The van der Waals surface area contributed by atoms with Crippen LogP contribution in [0.3, 0.4) is 0 Å². The molecule has 0 saturated heterocycles. The van der Waals surface area contributed by atoms with Crippen molar-refractivity contribution in [2.75, 3.05) is 6.54 Å². The number of nitro groups is 1. The third kappa shape index (κ3) is 3.47. The molecule has 1 aliphatic rings. The first kappa shape index (κ1) is 17.8. The van der Waals surface area contributed by atoms with Crippen molar-refractivity contribution in [1.29, 1.82) is 0 Å². The molecule has 0 fully saturated rings. The number of phenols is 1. The smallest absolute Gasteiger partial charge is 0.310 e. The van der Waals surface area contributed by atoms with Gasteiger partial charge in [-0.2, -0.15) is 0 Å². The molecule has 9 heteroatoms. The average Bonchev–Trinajstić information content (AvgIpc) is 2.69. The van der Waals surface area contributed by atoms with Gasteiger partial charge in [0.05, 0.1) is 16.2 Å². The standard InChI is InChI=1S/C19H17N5O4/c25-17-8-12(3-4-16(17)24(27)28)10-23-7-5-15-14(11-23)19(26)22-18(21-15)13-2-1-6-20-9-13/h1-4,6,8-9,25H,5,7,10-11H2,(H,21,22,26). The van der Waals surface area contributed by atoms with Crippen molar-refractivity contribution in [3.63, 3.8) is 0 Å². The number of rotatable bonds is 4. The summed E-state index contributed by atoms with van der Waals surface area (Å²) in [7, 11) is 0. The summed E-state index contributed by atoms with van der Waals surface area (Å²) < 4.78 is 0. The van der Waals surface area contributed by atoms with Crippen molar-refractivity contribution >= 4 is 5.69 Å². The molecule has 4 rings (SSSR count). The molecule has 1 aromatic carbocycles. The van der Waals surface area contributed by atoms with Crippen LogP contribution in [0.15, 0.2) is 47.5 Å². The second-order valence-corrected chi connectivity index (χ2v) is 6.62. The molecule has 142 valence electrons. The molecule has 1 aliphatic heterocycles. The number of hydrogen-bond acceptors (Lipinski definition) is 7. The lowest BCUT2D eigenvalue weighted by Crippen LogP contribution is -2.35. The monoisotopic (exact) mass is 379 g/mol. The van der Waals surface area contributed by atoms with Crippen LogP contribution in [-0.2, 0) is 19.5 Å². The predicted molar refractivity (Wildman–Crippen MR) is 101 cm³/mol. The van der Waals surface area contributed by atoms with Gasteiger partial charge >= 0.3 is 5.69 Å². The van der Waals surface area contributed by atoms with E-state index >= 15 is 0 Å². The highest BCUT2D eigenvalue weighted by molar-refractivity contribution is 5.53. The Morgan fingerprint density at radius 1 is 1.32 bits per heavy atom. The summed E-state index contributed by atoms with van der Waals surface area (Å²) in [5, 5.41) is 20.6. The number of H-pyrrole nitrogens is 1. The lowest BCUT2D eigenvalue weighted by Gasteiger charge is -2.27. The fraction of sp³-hybridized carbons (Fsp3) is 0.211. The van der Waals surface area contributed by atoms with Gasteiger partial charge in [-0.05, 0) is 23.8 Å². The Kier molecular flexibility index (Phi) is 4.58. The minimum Gasteiger partial charge on any atom is -0.502 e. The van der Waals surface area contributed by atoms with Gasteiger partial charge in [0.25, 0.3) is 5.56 Å². The van der Waals surface area contributed by atoms with E-state index in [2.05, 4.69) is 15.0 Å². The quantitative estimate of drug-likeness (QED) is 0.524. The summed E-state index contributed by atoms with van der Waals surface area (Å²) in [5.74, 6) is 0.145. The summed E-state index contributed by atoms with van der Waals surface area (Å²) in [4.78, 5) is 36.3. The predicted octanol–water partition coefficient (Wildman–Crippen LogP) is 2.00. The zero-order valence-corrected chi connectivity index (χ0v) is 14.8. The van der Waals surface area contributed by atoms with Crippen LogP contribution in [-0.4, -0.2) is 36.4 Å². The lowest BCUT2D eigenvalue weighted by molar-refractivity contribution is -0.385. The topological polar surface area (TPSA) is 125 Å². The van der Waals surface area contributed by atoms with E-state index < -0.39 is 4.92 Å². The minimum atomic E-state index is -0.624. The molecule has 0 radical (unpaired) electrons. The van der Waals surface area contributed by atoms with E-state index in [0.717, 1.165) is 16.8 Å². The summed E-state index contributed by atoms with van der Waals surface area (Å²) in [6.45, 7) is 1.57. The zero-order chi connectivity index (χ0) is 19.7. The average molecular weight is 379 g/mol. The number of aromatic nitrogens is 3. The zero-order valence-electron chi connectivity index (χ0n) is 14.8. The SMILES string of the molecule is O=c1[nH]c(-c2cccnc2)nc2c1CN(Cc1ccc([N+](=O)[O-])c(O)c1)CC2. The number of pyridine rings is 1. The van der Waals surface area contributed by atoms with Gasteiger partial charge in [-0.3, -0.25) is 24.8 Å². The number of hydrogen-bond donors (Lipinski definition) is 2. The van der Waals surface area contributed by atoms with Crippen LogP contribution in [0.25, 0.3) is 11.4 Å². The van der Waals surface area contributed by atoms with Gasteiger partial charge in [0, 0.05) is 50.1 Å². The number of aromatic amines is 1. The number of nitro benzene ring substituents is 1. The maximum absolute atomic E-state index is 12.6. The number of nitrogens with zero attached hydrogens (tertiary/aromatic N) is 4. The fourth-order valence-corrected chi connectivity index (χ4v) is 3.34. The molecule has 28 heavy (non-hydrogen) atoms. The van der Waals surface area contributed by atoms with E-state index in [0.29, 0.717) is 37.4 Å². The summed E-state index contributed by atoms with van der Waals surface area (Å²) in [5.41, 5.74) is 2.38. The van der Waals surface area contributed by atoms with E-state index in [9.17, 15) is 20.0 Å². The van der Waals surface area contributed by atoms with Gasteiger partial charge in [-0.1, -0.05) is 6.07 Å². The molecular weight excluding hydrogens is 362 g/mol. The molecule has 3 aromatic rings. The molecule has 0 unspecified atom stereocenters.